The van der Waals surface area contributed by atoms with Crippen LogP contribution in [0.3, 0.4) is 0 Å². The van der Waals surface area contributed by atoms with Crippen LogP contribution >= 0.6 is 11.3 Å². The van der Waals surface area contributed by atoms with E-state index in [1.54, 1.807) is 0 Å². The third-order valence-electron chi connectivity index (χ3n) is 10.4. The molecule has 14 heteroatoms. The summed E-state index contributed by atoms with van der Waals surface area (Å²) >= 11 is 0.788. The van der Waals surface area contributed by atoms with E-state index in [9.17, 15) is 17.6 Å². The van der Waals surface area contributed by atoms with Crippen LogP contribution in [-0.2, 0) is 6.18 Å². The number of nitrogens with zero attached hydrogens (tertiary/aromatic N) is 5. The van der Waals surface area contributed by atoms with Gasteiger partial charge in [-0.25, -0.2) is 13.8 Å². The molecule has 2 aromatic heterocycles. The minimum Gasteiger partial charge on any atom is -0.461 e. The lowest BCUT2D eigenvalue weighted by Gasteiger charge is -2.50. The van der Waals surface area contributed by atoms with Crippen molar-refractivity contribution in [2.24, 2.45) is 0 Å². The number of hydrogen-bond donors (Lipinski definition) is 2. The number of alkyl halides is 3. The number of halogens is 5. The maximum Gasteiger partial charge on any atom is 0.417 e. The molecular weight excluding hydrogens is 613 g/mol. The number of aromatic nitrogens is 3. The van der Waals surface area contributed by atoms with E-state index in [4.69, 9.17) is 10.5 Å². The van der Waals surface area contributed by atoms with Crippen LogP contribution in [0.25, 0.3) is 32.2 Å². The van der Waals surface area contributed by atoms with Gasteiger partial charge in [0.15, 0.2) is 10.9 Å². The van der Waals surface area contributed by atoms with E-state index in [0.29, 0.717) is 12.6 Å². The van der Waals surface area contributed by atoms with Crippen LogP contribution in [0.5, 0.6) is 6.01 Å². The summed E-state index contributed by atoms with van der Waals surface area (Å²) in [5, 5.41) is 3.20. The number of benzene rings is 2. The molecule has 4 aromatic rings. The molecule has 45 heavy (non-hydrogen) atoms. The van der Waals surface area contributed by atoms with Gasteiger partial charge in [-0.15, -0.1) is 0 Å². The molecule has 3 N–H and O–H groups in total. The van der Waals surface area contributed by atoms with Crippen molar-refractivity contribution in [1.29, 1.82) is 0 Å². The van der Waals surface area contributed by atoms with Crippen molar-refractivity contribution < 1.29 is 26.7 Å². The molecule has 5 aliphatic heterocycles. The molecule has 9 rings (SSSR count). The van der Waals surface area contributed by atoms with Crippen molar-refractivity contribution in [2.45, 2.75) is 68.4 Å². The predicted molar refractivity (Wildman–Crippen MR) is 160 cm³/mol. The maximum atomic E-state index is 16.8. The van der Waals surface area contributed by atoms with Crippen molar-refractivity contribution in [3.8, 4) is 17.1 Å². The van der Waals surface area contributed by atoms with Gasteiger partial charge in [-0.2, -0.15) is 23.1 Å². The zero-order valence-electron chi connectivity index (χ0n) is 23.9. The van der Waals surface area contributed by atoms with Gasteiger partial charge in [0.05, 0.1) is 33.4 Å². The summed E-state index contributed by atoms with van der Waals surface area (Å²) in [4.78, 5) is 17.8. The van der Waals surface area contributed by atoms with Crippen molar-refractivity contribution in [3.05, 3.63) is 47.2 Å². The Morgan fingerprint density at radius 3 is 2.62 bits per heavy atom. The highest BCUT2D eigenvalue weighted by Gasteiger charge is 2.53. The molecule has 0 spiro atoms. The Balaban J connectivity index is 1.21. The van der Waals surface area contributed by atoms with Gasteiger partial charge in [-0.05, 0) is 69.5 Å². The van der Waals surface area contributed by atoms with Gasteiger partial charge in [0.2, 0.25) is 0 Å². The number of rotatable bonds is 6. The van der Waals surface area contributed by atoms with Crippen LogP contribution in [0.15, 0.2) is 30.0 Å². The maximum absolute atomic E-state index is 16.8. The summed E-state index contributed by atoms with van der Waals surface area (Å²) in [5.41, 5.74) is 4.25. The highest BCUT2D eigenvalue weighted by Crippen LogP contribution is 2.51. The molecule has 0 saturated carbocycles. The van der Waals surface area contributed by atoms with Crippen molar-refractivity contribution in [1.82, 2.24) is 24.8 Å². The Morgan fingerprint density at radius 1 is 1.09 bits per heavy atom. The second kappa shape index (κ2) is 9.38. The minimum atomic E-state index is -4.96. The van der Waals surface area contributed by atoms with Crippen LogP contribution in [0.2, 0.25) is 0 Å². The van der Waals surface area contributed by atoms with E-state index in [0.717, 1.165) is 81.2 Å². The number of ether oxygens (including phenoxy) is 1. The molecule has 0 aliphatic carbocycles. The zero-order valence-corrected chi connectivity index (χ0v) is 24.7. The highest BCUT2D eigenvalue weighted by molar-refractivity contribution is 7.22. The molecule has 0 radical (unpaired) electrons. The number of anilines is 2. The van der Waals surface area contributed by atoms with E-state index < -0.39 is 28.9 Å². The fourth-order valence-electron chi connectivity index (χ4n) is 8.33. The topological polar surface area (TPSA) is 92.4 Å². The van der Waals surface area contributed by atoms with E-state index >= 15 is 4.39 Å². The van der Waals surface area contributed by atoms with E-state index in [2.05, 4.69) is 36.1 Å². The van der Waals surface area contributed by atoms with Crippen LogP contribution in [-0.4, -0.2) is 68.1 Å². The monoisotopic (exact) mass is 641 g/mol. The quantitative estimate of drug-likeness (QED) is 0.237. The van der Waals surface area contributed by atoms with Gasteiger partial charge in [0.1, 0.15) is 23.8 Å². The molecule has 5 aliphatic rings. The Bertz CT molecular complexity index is 1930. The first-order valence-corrected chi connectivity index (χ1v) is 16.0. The fourth-order valence-corrected chi connectivity index (χ4v) is 9.10. The molecule has 0 bridgehead atoms. The number of thiazole rings is 1. The summed E-state index contributed by atoms with van der Waals surface area (Å²) in [6.07, 6.45) is 3.00. The van der Waals surface area contributed by atoms with Gasteiger partial charge in [0, 0.05) is 34.7 Å². The molecule has 3 atom stereocenters. The largest absolute Gasteiger partial charge is 0.461 e. The molecular formula is C31H28F5N7OS. The lowest BCUT2D eigenvalue weighted by Crippen LogP contribution is -2.53. The van der Waals surface area contributed by atoms with Gasteiger partial charge < -0.3 is 20.7 Å². The number of nitrogens with one attached hydrogen (secondary N) is 1. The van der Waals surface area contributed by atoms with Gasteiger partial charge in [-0.1, -0.05) is 11.3 Å². The van der Waals surface area contributed by atoms with Gasteiger partial charge in [0.25, 0.3) is 0 Å². The molecule has 8 nitrogen and oxygen atoms in total. The highest BCUT2D eigenvalue weighted by atomic mass is 32.1. The summed E-state index contributed by atoms with van der Waals surface area (Å²) < 4.78 is 81.8. The first-order valence-electron chi connectivity index (χ1n) is 15.2. The number of nitrogens with two attached hydrogens (primary N) is 1. The van der Waals surface area contributed by atoms with Gasteiger partial charge in [-0.3, -0.25) is 4.90 Å². The Kier molecular flexibility index (Phi) is 5.74. The standard InChI is InChI=1S/C31H28F5N7OS/c32-19-4-3-16(25-26(19)45-28(37)39-25)22-18(31(34,35)36)12-17-24(23(22)33)40-29(44-13-30-5-1-7-42(30)8-2-6-30)41-27(17)38-20-10-14-9-15-11-21(20)43(14)15/h3-4,11-12,14,20-21H,1-2,5-10,13H2,(H2,37,39)(H,38,40,41). The van der Waals surface area contributed by atoms with E-state index in [1.165, 1.54) is 5.70 Å². The second-order valence-corrected chi connectivity index (χ2v) is 13.8. The Labute approximate surface area is 258 Å². The van der Waals surface area contributed by atoms with Crippen LogP contribution < -0.4 is 15.8 Å². The van der Waals surface area contributed by atoms with Crippen LogP contribution in [0, 0.1) is 11.6 Å². The summed E-state index contributed by atoms with van der Waals surface area (Å²) in [6, 6.07) is 3.25. The minimum absolute atomic E-state index is 0.0441. The average molecular weight is 642 g/mol. The van der Waals surface area contributed by atoms with Crippen LogP contribution in [0.4, 0.5) is 32.9 Å². The van der Waals surface area contributed by atoms with E-state index in [-0.39, 0.29) is 61.3 Å². The lowest BCUT2D eigenvalue weighted by atomic mass is 9.93. The summed E-state index contributed by atoms with van der Waals surface area (Å²) in [5.74, 6) is -1.82. The number of fused-ring (bicyclic) bond motifs is 3. The van der Waals surface area contributed by atoms with Gasteiger partial charge >= 0.3 is 12.2 Å². The lowest BCUT2D eigenvalue weighted by molar-refractivity contribution is -0.137. The number of hydrogen-bond acceptors (Lipinski definition) is 9. The van der Waals surface area contributed by atoms with E-state index in [1.807, 2.05) is 0 Å². The molecule has 3 unspecified atom stereocenters. The number of nitrogen functional groups attached to an aromatic ring is 1. The average Bonchev–Trinajstić information content (AvgIpc) is 3.68. The SMILES string of the molecule is Nc1nc2c(-c3c(C(F)(F)F)cc4c(NC5CC6CC7=CC5N76)nc(OCC56CCCN5CCC6)nc4c3F)ccc(F)c2s1. The fraction of sp³-hybridized carbons (Fsp3) is 0.452. The molecule has 234 valence electrons. The normalized spacial score (nSPS) is 24.9. The first kappa shape index (κ1) is 27.5. The third kappa shape index (κ3) is 4.00. The molecule has 7 heterocycles. The predicted octanol–water partition coefficient (Wildman–Crippen LogP) is 6.32. The van der Waals surface area contributed by atoms with Crippen molar-refractivity contribution >= 4 is 43.4 Å². The smallest absolute Gasteiger partial charge is 0.417 e. The Morgan fingerprint density at radius 2 is 1.89 bits per heavy atom. The van der Waals surface area contributed by atoms with Crippen molar-refractivity contribution in [3.63, 3.8) is 0 Å². The molecule has 4 fully saturated rings. The Hall–Kier alpha value is -3.78. The molecule has 0 amide bonds. The van der Waals surface area contributed by atoms with Crippen molar-refractivity contribution in [2.75, 3.05) is 30.7 Å². The first-order chi connectivity index (χ1) is 21.6. The second-order valence-electron chi connectivity index (χ2n) is 12.8. The molecule has 4 saturated heterocycles. The molecule has 2 aromatic carbocycles. The summed E-state index contributed by atoms with van der Waals surface area (Å²) in [6.45, 7) is 2.27. The zero-order chi connectivity index (χ0) is 30.8. The summed E-state index contributed by atoms with van der Waals surface area (Å²) in [7, 11) is 0. The third-order valence-corrected chi connectivity index (χ3v) is 11.3. The van der Waals surface area contributed by atoms with Crippen LogP contribution in [0.1, 0.15) is 44.1 Å².